The van der Waals surface area contributed by atoms with Gasteiger partial charge in [0.05, 0.1) is 0 Å². The number of hydrogen-bond donors (Lipinski definition) is 1. The van der Waals surface area contributed by atoms with Crippen LogP contribution in [0.2, 0.25) is 0 Å². The Kier molecular flexibility index (Phi) is 4.28. The quantitative estimate of drug-likeness (QED) is 0.817. The Labute approximate surface area is 119 Å². The first kappa shape index (κ1) is 13.8. The van der Waals surface area contributed by atoms with E-state index in [0.717, 1.165) is 19.3 Å². The highest BCUT2D eigenvalue weighted by Crippen LogP contribution is 2.48. The fourth-order valence-corrected chi connectivity index (χ4v) is 2.81. The van der Waals surface area contributed by atoms with E-state index in [1.54, 1.807) is 6.07 Å². The summed E-state index contributed by atoms with van der Waals surface area (Å²) in [6.07, 6.45) is 3.13. The molecule has 1 N–H and O–H groups in total. The Morgan fingerprint density at radius 2 is 2.17 bits per heavy atom. The van der Waals surface area contributed by atoms with E-state index in [4.69, 9.17) is 11.6 Å². The zero-order chi connectivity index (χ0) is 13.2. The second-order valence-corrected chi connectivity index (χ2v) is 6.07. The van der Waals surface area contributed by atoms with Gasteiger partial charge in [-0.3, -0.25) is 4.79 Å². The van der Waals surface area contributed by atoms with Gasteiger partial charge in [-0.05, 0) is 42.9 Å². The Balaban J connectivity index is 1.95. The minimum atomic E-state index is -0.420. The van der Waals surface area contributed by atoms with Gasteiger partial charge in [-0.15, -0.1) is 11.6 Å². The van der Waals surface area contributed by atoms with Crippen LogP contribution < -0.4 is 5.32 Å². The number of alkyl halides is 1. The first-order valence-corrected chi connectivity index (χ1v) is 7.18. The maximum absolute atomic E-state index is 13.2. The molecular weight excluding hydrogens is 321 g/mol. The molecule has 0 radical (unpaired) electrons. The number of carbonyl (C=O) groups is 1. The standard InChI is InChI=1S/C13H14BrClFNO/c14-10-5-9(6-11(16)7-10)12(18)17-8-13(1-2-13)3-4-15/h5-7H,1-4,8H2,(H,17,18). The molecule has 0 heterocycles. The highest BCUT2D eigenvalue weighted by Gasteiger charge is 2.41. The smallest absolute Gasteiger partial charge is 0.251 e. The van der Waals surface area contributed by atoms with Crippen LogP contribution in [0.1, 0.15) is 29.6 Å². The summed E-state index contributed by atoms with van der Waals surface area (Å²) in [6, 6.07) is 4.17. The van der Waals surface area contributed by atoms with Crippen LogP contribution in [-0.2, 0) is 0 Å². The summed E-state index contributed by atoms with van der Waals surface area (Å²) in [5, 5.41) is 2.86. The van der Waals surface area contributed by atoms with Crippen LogP contribution in [0.25, 0.3) is 0 Å². The van der Waals surface area contributed by atoms with Crippen molar-refractivity contribution in [2.45, 2.75) is 19.3 Å². The van der Waals surface area contributed by atoms with E-state index in [2.05, 4.69) is 21.2 Å². The summed E-state index contributed by atoms with van der Waals surface area (Å²) in [5.41, 5.74) is 0.519. The molecule has 0 spiro atoms. The molecule has 0 unspecified atom stereocenters. The van der Waals surface area contributed by atoms with Crippen molar-refractivity contribution in [1.82, 2.24) is 5.32 Å². The van der Waals surface area contributed by atoms with Gasteiger partial charge in [-0.2, -0.15) is 0 Å². The van der Waals surface area contributed by atoms with Gasteiger partial charge in [0.25, 0.3) is 5.91 Å². The number of benzene rings is 1. The summed E-state index contributed by atoms with van der Waals surface area (Å²) in [7, 11) is 0. The molecule has 1 saturated carbocycles. The molecule has 1 aromatic rings. The van der Waals surface area contributed by atoms with Crippen molar-refractivity contribution in [3.8, 4) is 0 Å². The highest BCUT2D eigenvalue weighted by molar-refractivity contribution is 9.10. The third kappa shape index (κ3) is 3.45. The Hall–Kier alpha value is -0.610. The maximum atomic E-state index is 13.2. The maximum Gasteiger partial charge on any atom is 0.251 e. The molecule has 5 heteroatoms. The molecule has 0 atom stereocenters. The third-order valence-corrected chi connectivity index (χ3v) is 3.98. The van der Waals surface area contributed by atoms with E-state index in [1.807, 2.05) is 0 Å². The molecule has 0 bridgehead atoms. The SMILES string of the molecule is O=C(NCC1(CCCl)CC1)c1cc(F)cc(Br)c1. The lowest BCUT2D eigenvalue weighted by atomic mass is 10.0. The molecule has 98 valence electrons. The predicted octanol–water partition coefficient (Wildman–Crippen LogP) is 3.73. The summed E-state index contributed by atoms with van der Waals surface area (Å²) in [5.74, 6) is -0.0473. The number of hydrogen-bond acceptors (Lipinski definition) is 1. The van der Waals surface area contributed by atoms with Crippen LogP contribution in [0.15, 0.2) is 22.7 Å². The Bertz CT molecular complexity index is 442. The van der Waals surface area contributed by atoms with E-state index in [-0.39, 0.29) is 11.3 Å². The number of amides is 1. The van der Waals surface area contributed by atoms with Gasteiger partial charge in [-0.1, -0.05) is 15.9 Å². The average Bonchev–Trinajstić information content (AvgIpc) is 3.06. The van der Waals surface area contributed by atoms with Gasteiger partial charge in [-0.25, -0.2) is 4.39 Å². The molecule has 0 aromatic heterocycles. The summed E-state index contributed by atoms with van der Waals surface area (Å²) in [6.45, 7) is 0.618. The van der Waals surface area contributed by atoms with Gasteiger partial charge in [0.15, 0.2) is 0 Å². The fraction of sp³-hybridized carbons (Fsp3) is 0.462. The van der Waals surface area contributed by atoms with Crippen molar-refractivity contribution in [2.24, 2.45) is 5.41 Å². The lowest BCUT2D eigenvalue weighted by molar-refractivity contribution is 0.0944. The van der Waals surface area contributed by atoms with E-state index in [1.165, 1.54) is 12.1 Å². The second-order valence-electron chi connectivity index (χ2n) is 4.78. The zero-order valence-electron chi connectivity index (χ0n) is 9.81. The largest absolute Gasteiger partial charge is 0.351 e. The minimum Gasteiger partial charge on any atom is -0.351 e. The van der Waals surface area contributed by atoms with E-state index >= 15 is 0 Å². The number of nitrogens with one attached hydrogen (secondary N) is 1. The average molecular weight is 335 g/mol. The Morgan fingerprint density at radius 3 is 2.72 bits per heavy atom. The van der Waals surface area contributed by atoms with Crippen LogP contribution in [0.4, 0.5) is 4.39 Å². The molecule has 1 aliphatic carbocycles. The highest BCUT2D eigenvalue weighted by atomic mass is 79.9. The summed E-state index contributed by atoms with van der Waals surface area (Å²) in [4.78, 5) is 11.9. The Morgan fingerprint density at radius 1 is 1.44 bits per heavy atom. The van der Waals surface area contributed by atoms with Gasteiger partial charge in [0.1, 0.15) is 5.82 Å². The minimum absolute atomic E-state index is 0.183. The number of rotatable bonds is 5. The first-order chi connectivity index (χ1) is 8.54. The summed E-state index contributed by atoms with van der Waals surface area (Å²) >= 11 is 8.90. The van der Waals surface area contributed by atoms with Crippen molar-refractivity contribution in [1.29, 1.82) is 0 Å². The van der Waals surface area contributed by atoms with Crippen molar-refractivity contribution >= 4 is 33.4 Å². The number of halogens is 3. The normalized spacial score (nSPS) is 16.4. The molecule has 1 aromatic carbocycles. The molecule has 1 fully saturated rings. The van der Waals surface area contributed by atoms with Crippen molar-refractivity contribution in [3.05, 3.63) is 34.1 Å². The van der Waals surface area contributed by atoms with Gasteiger partial charge in [0.2, 0.25) is 0 Å². The zero-order valence-corrected chi connectivity index (χ0v) is 12.2. The third-order valence-electron chi connectivity index (χ3n) is 3.33. The number of carbonyl (C=O) groups excluding carboxylic acids is 1. The predicted molar refractivity (Wildman–Crippen MR) is 73.4 cm³/mol. The molecule has 1 aliphatic rings. The molecule has 0 aliphatic heterocycles. The van der Waals surface area contributed by atoms with Crippen molar-refractivity contribution < 1.29 is 9.18 Å². The molecule has 2 rings (SSSR count). The summed E-state index contributed by atoms with van der Waals surface area (Å²) < 4.78 is 13.7. The molecule has 0 saturated heterocycles. The monoisotopic (exact) mass is 333 g/mol. The van der Waals surface area contributed by atoms with Crippen LogP contribution in [-0.4, -0.2) is 18.3 Å². The van der Waals surface area contributed by atoms with E-state index in [0.29, 0.717) is 22.5 Å². The van der Waals surface area contributed by atoms with Crippen LogP contribution in [0.3, 0.4) is 0 Å². The molecule has 2 nitrogen and oxygen atoms in total. The lowest BCUT2D eigenvalue weighted by Crippen LogP contribution is -2.30. The second kappa shape index (κ2) is 5.57. The molecule has 1 amide bonds. The van der Waals surface area contributed by atoms with Crippen LogP contribution in [0.5, 0.6) is 0 Å². The van der Waals surface area contributed by atoms with Gasteiger partial charge < -0.3 is 5.32 Å². The van der Waals surface area contributed by atoms with Crippen molar-refractivity contribution in [2.75, 3.05) is 12.4 Å². The van der Waals surface area contributed by atoms with E-state index in [9.17, 15) is 9.18 Å². The van der Waals surface area contributed by atoms with Gasteiger partial charge in [0, 0.05) is 22.5 Å². The molecular formula is C13H14BrClFNO. The lowest BCUT2D eigenvalue weighted by Gasteiger charge is -2.14. The van der Waals surface area contributed by atoms with E-state index < -0.39 is 5.82 Å². The van der Waals surface area contributed by atoms with Gasteiger partial charge >= 0.3 is 0 Å². The van der Waals surface area contributed by atoms with Crippen LogP contribution >= 0.6 is 27.5 Å². The topological polar surface area (TPSA) is 29.1 Å². The van der Waals surface area contributed by atoms with Crippen LogP contribution in [0, 0.1) is 11.2 Å². The van der Waals surface area contributed by atoms with Crippen molar-refractivity contribution in [3.63, 3.8) is 0 Å². The molecule has 18 heavy (non-hydrogen) atoms. The first-order valence-electron chi connectivity index (χ1n) is 5.85. The fourth-order valence-electron chi connectivity index (χ4n) is 1.95.